The lowest BCUT2D eigenvalue weighted by atomic mass is 10.1. The SMILES string of the molecule is Fc1nc2c(o1)CCC=C2. The van der Waals surface area contributed by atoms with Crippen molar-refractivity contribution in [2.45, 2.75) is 12.8 Å². The van der Waals surface area contributed by atoms with Crippen LogP contribution >= 0.6 is 0 Å². The molecule has 0 atom stereocenters. The number of hydrogen-bond acceptors (Lipinski definition) is 2. The summed E-state index contributed by atoms with van der Waals surface area (Å²) in [4.78, 5) is 3.53. The van der Waals surface area contributed by atoms with Gasteiger partial charge in [-0.05, 0) is 12.5 Å². The first kappa shape index (κ1) is 5.65. The highest BCUT2D eigenvalue weighted by Crippen LogP contribution is 2.18. The average molecular weight is 139 g/mol. The van der Waals surface area contributed by atoms with Gasteiger partial charge in [-0.15, -0.1) is 4.39 Å². The van der Waals surface area contributed by atoms with Crippen LogP contribution in [0.2, 0.25) is 0 Å². The van der Waals surface area contributed by atoms with Crippen LogP contribution in [0.5, 0.6) is 0 Å². The molecule has 1 aromatic rings. The Morgan fingerprint density at radius 2 is 2.50 bits per heavy atom. The summed E-state index contributed by atoms with van der Waals surface area (Å²) >= 11 is 0. The van der Waals surface area contributed by atoms with Crippen LogP contribution in [0.1, 0.15) is 17.9 Å². The Labute approximate surface area is 57.4 Å². The van der Waals surface area contributed by atoms with Gasteiger partial charge in [-0.3, -0.25) is 0 Å². The minimum absolute atomic E-state index is 0.642. The molecule has 0 radical (unpaired) electrons. The number of aryl methyl sites for hydroxylation is 1. The van der Waals surface area contributed by atoms with E-state index < -0.39 is 6.14 Å². The molecule has 0 unspecified atom stereocenters. The molecule has 1 aromatic heterocycles. The van der Waals surface area contributed by atoms with E-state index in [0.29, 0.717) is 11.5 Å². The smallest absolute Gasteiger partial charge is 0.382 e. The molecule has 2 rings (SSSR count). The molecule has 10 heavy (non-hydrogen) atoms. The highest BCUT2D eigenvalue weighted by molar-refractivity contribution is 5.48. The second-order valence-corrected chi connectivity index (χ2v) is 2.22. The molecule has 0 amide bonds. The fourth-order valence-electron chi connectivity index (χ4n) is 1.05. The van der Waals surface area contributed by atoms with Crippen LogP contribution < -0.4 is 0 Å². The summed E-state index contributed by atoms with van der Waals surface area (Å²) in [5.41, 5.74) is 0.642. The molecule has 0 saturated heterocycles. The summed E-state index contributed by atoms with van der Waals surface area (Å²) in [5.74, 6) is 0.667. The van der Waals surface area contributed by atoms with Gasteiger partial charge in [0.15, 0.2) is 0 Å². The first-order chi connectivity index (χ1) is 4.86. The molecule has 0 bridgehead atoms. The van der Waals surface area contributed by atoms with Crippen LogP contribution in [0.25, 0.3) is 6.08 Å². The van der Waals surface area contributed by atoms with E-state index in [4.69, 9.17) is 0 Å². The number of rotatable bonds is 0. The fraction of sp³-hybridized carbons (Fsp3) is 0.286. The zero-order valence-electron chi connectivity index (χ0n) is 5.30. The molecule has 0 fully saturated rings. The van der Waals surface area contributed by atoms with Gasteiger partial charge < -0.3 is 4.42 Å². The molecule has 1 aliphatic rings. The minimum atomic E-state index is -0.725. The third-order valence-corrected chi connectivity index (χ3v) is 1.52. The quantitative estimate of drug-likeness (QED) is 0.547. The maximum atomic E-state index is 12.3. The van der Waals surface area contributed by atoms with Crippen molar-refractivity contribution in [1.29, 1.82) is 0 Å². The summed E-state index contributed by atoms with van der Waals surface area (Å²) in [6.07, 6.45) is 4.71. The van der Waals surface area contributed by atoms with Crippen LogP contribution in [0.4, 0.5) is 4.39 Å². The van der Waals surface area contributed by atoms with E-state index in [2.05, 4.69) is 9.40 Å². The molecule has 0 N–H and O–H groups in total. The van der Waals surface area contributed by atoms with E-state index in [1.165, 1.54) is 0 Å². The maximum Gasteiger partial charge on any atom is 0.382 e. The first-order valence-electron chi connectivity index (χ1n) is 3.18. The van der Waals surface area contributed by atoms with E-state index >= 15 is 0 Å². The lowest BCUT2D eigenvalue weighted by molar-refractivity contribution is 0.318. The summed E-state index contributed by atoms with van der Waals surface area (Å²) in [5, 5.41) is 0. The predicted octanol–water partition coefficient (Wildman–Crippen LogP) is 1.77. The van der Waals surface area contributed by atoms with Crippen molar-refractivity contribution >= 4 is 6.08 Å². The lowest BCUT2D eigenvalue weighted by Gasteiger charge is -1.97. The van der Waals surface area contributed by atoms with Crippen LogP contribution in [0, 0.1) is 6.14 Å². The van der Waals surface area contributed by atoms with Gasteiger partial charge in [0, 0.05) is 6.42 Å². The summed E-state index contributed by atoms with van der Waals surface area (Å²) in [6, 6.07) is 0. The van der Waals surface area contributed by atoms with Crippen molar-refractivity contribution in [2.75, 3.05) is 0 Å². The third kappa shape index (κ3) is 0.744. The Hall–Kier alpha value is -1.12. The number of oxazole rings is 1. The highest BCUT2D eigenvalue weighted by atomic mass is 19.1. The molecule has 0 aromatic carbocycles. The van der Waals surface area contributed by atoms with Gasteiger partial charge in [0.05, 0.1) is 0 Å². The molecule has 1 heterocycles. The molecule has 52 valence electrons. The molecule has 0 spiro atoms. The van der Waals surface area contributed by atoms with Gasteiger partial charge in [0.2, 0.25) is 0 Å². The monoisotopic (exact) mass is 139 g/mol. The number of fused-ring (bicyclic) bond motifs is 1. The van der Waals surface area contributed by atoms with Crippen LogP contribution in [-0.2, 0) is 6.42 Å². The summed E-state index contributed by atoms with van der Waals surface area (Å²) in [6.45, 7) is 0. The fourth-order valence-corrected chi connectivity index (χ4v) is 1.05. The van der Waals surface area contributed by atoms with E-state index in [9.17, 15) is 4.39 Å². The van der Waals surface area contributed by atoms with Crippen LogP contribution in [0.3, 0.4) is 0 Å². The van der Waals surface area contributed by atoms with Gasteiger partial charge >= 0.3 is 6.14 Å². The Morgan fingerprint density at radius 1 is 1.60 bits per heavy atom. The molecular weight excluding hydrogens is 133 g/mol. The first-order valence-corrected chi connectivity index (χ1v) is 3.18. The molecule has 0 aliphatic heterocycles. The van der Waals surface area contributed by atoms with Crippen molar-refractivity contribution in [3.05, 3.63) is 23.7 Å². The van der Waals surface area contributed by atoms with Gasteiger partial charge in [-0.25, -0.2) is 0 Å². The predicted molar refractivity (Wildman–Crippen MR) is 33.8 cm³/mol. The number of hydrogen-bond donors (Lipinski definition) is 0. The van der Waals surface area contributed by atoms with Crippen molar-refractivity contribution in [1.82, 2.24) is 4.98 Å². The number of halogens is 1. The van der Waals surface area contributed by atoms with Gasteiger partial charge in [-0.2, -0.15) is 4.98 Å². The van der Waals surface area contributed by atoms with Crippen molar-refractivity contribution in [2.24, 2.45) is 0 Å². The summed E-state index contributed by atoms with van der Waals surface area (Å²) < 4.78 is 17.0. The normalized spacial score (nSPS) is 15.3. The zero-order valence-corrected chi connectivity index (χ0v) is 5.30. The van der Waals surface area contributed by atoms with Crippen LogP contribution in [0.15, 0.2) is 10.5 Å². The van der Waals surface area contributed by atoms with Crippen molar-refractivity contribution in [3.63, 3.8) is 0 Å². The molecule has 2 nitrogen and oxygen atoms in total. The Bertz CT molecular complexity index is 277. The largest absolute Gasteiger partial charge is 0.419 e. The Morgan fingerprint density at radius 3 is 3.30 bits per heavy atom. The van der Waals surface area contributed by atoms with Crippen molar-refractivity contribution < 1.29 is 8.81 Å². The third-order valence-electron chi connectivity index (χ3n) is 1.52. The van der Waals surface area contributed by atoms with Gasteiger partial charge in [0.1, 0.15) is 11.5 Å². The van der Waals surface area contributed by atoms with E-state index in [1.54, 1.807) is 6.08 Å². The summed E-state index contributed by atoms with van der Waals surface area (Å²) in [7, 11) is 0. The minimum Gasteiger partial charge on any atom is -0.419 e. The molecule has 0 saturated carbocycles. The highest BCUT2D eigenvalue weighted by Gasteiger charge is 2.11. The number of aromatic nitrogens is 1. The molecule has 1 aliphatic carbocycles. The van der Waals surface area contributed by atoms with Crippen molar-refractivity contribution in [3.8, 4) is 0 Å². The maximum absolute atomic E-state index is 12.3. The van der Waals surface area contributed by atoms with E-state index in [-0.39, 0.29) is 0 Å². The van der Waals surface area contributed by atoms with E-state index in [0.717, 1.165) is 12.8 Å². The number of allylic oxidation sites excluding steroid dienone is 1. The topological polar surface area (TPSA) is 26.0 Å². The second kappa shape index (κ2) is 1.94. The Balaban J connectivity index is 2.53. The second-order valence-electron chi connectivity index (χ2n) is 2.22. The van der Waals surface area contributed by atoms with E-state index in [1.807, 2.05) is 6.08 Å². The van der Waals surface area contributed by atoms with Gasteiger partial charge in [0.25, 0.3) is 0 Å². The number of nitrogens with zero attached hydrogens (tertiary/aromatic N) is 1. The van der Waals surface area contributed by atoms with Crippen LogP contribution in [-0.4, -0.2) is 4.98 Å². The molecule has 3 heteroatoms. The Kier molecular flexibility index (Phi) is 1.09. The lowest BCUT2D eigenvalue weighted by Crippen LogP contribution is -1.88. The zero-order chi connectivity index (χ0) is 6.97. The van der Waals surface area contributed by atoms with Gasteiger partial charge in [-0.1, -0.05) is 6.08 Å². The average Bonchev–Trinajstić information content (AvgIpc) is 2.27. The molecular formula is C7H6FNO. The standard InChI is InChI=1S/C7H6FNO/c8-7-9-5-3-1-2-4-6(5)10-7/h1,3H,2,4H2.